The minimum atomic E-state index is -4.12. The van der Waals surface area contributed by atoms with Gasteiger partial charge in [-0.05, 0) is 19.1 Å². The fourth-order valence-electron chi connectivity index (χ4n) is 2.55. The summed E-state index contributed by atoms with van der Waals surface area (Å²) >= 11 is 0.934. The van der Waals surface area contributed by atoms with Crippen LogP contribution in [0.4, 0.5) is 14.6 Å². The van der Waals surface area contributed by atoms with E-state index in [9.17, 15) is 27.1 Å². The number of hydrogen-bond acceptors (Lipinski definition) is 8. The SMILES string of the molecule is C[C@H](CO)Oc1cc(NS(=O)(=O)c2ccc(=O)n(C)c2)nc(SCc2cccc(F)c2F)n1. The highest BCUT2D eigenvalue weighted by Gasteiger charge is 2.19. The van der Waals surface area contributed by atoms with E-state index in [-0.39, 0.29) is 45.2 Å². The molecule has 1 aromatic carbocycles. The first-order valence-corrected chi connectivity index (χ1v) is 12.0. The average molecular weight is 499 g/mol. The first-order chi connectivity index (χ1) is 15.6. The second-order valence-electron chi connectivity index (χ2n) is 6.91. The maximum absolute atomic E-state index is 14.0. The van der Waals surface area contributed by atoms with Gasteiger partial charge in [-0.3, -0.25) is 9.52 Å². The van der Waals surface area contributed by atoms with Crippen LogP contribution in [-0.2, 0) is 22.8 Å². The first-order valence-electron chi connectivity index (χ1n) is 9.51. The molecule has 176 valence electrons. The predicted molar refractivity (Wildman–Crippen MR) is 118 cm³/mol. The molecule has 2 heterocycles. The Bertz CT molecular complexity index is 1320. The third-order valence-electron chi connectivity index (χ3n) is 4.26. The number of aliphatic hydroxyl groups excluding tert-OH is 1. The van der Waals surface area contributed by atoms with Crippen LogP contribution in [0.25, 0.3) is 0 Å². The lowest BCUT2D eigenvalue weighted by Crippen LogP contribution is -2.21. The van der Waals surface area contributed by atoms with Gasteiger partial charge in [-0.25, -0.2) is 22.2 Å². The molecule has 0 unspecified atom stereocenters. The van der Waals surface area contributed by atoms with Crippen LogP contribution in [0.2, 0.25) is 0 Å². The standard InChI is InChI=1S/C20H20F2N4O5S2/c1-12(10-27)31-17-8-16(25-33(29,30)14-6-7-18(28)26(2)9-14)23-20(24-17)32-11-13-4-3-5-15(21)19(13)22/h3-9,12,27H,10-11H2,1-2H3,(H,23,24,25)/t12-/m1/s1. The molecular formula is C20H20F2N4O5S2. The lowest BCUT2D eigenvalue weighted by molar-refractivity contribution is 0.124. The third kappa shape index (κ3) is 6.27. The molecule has 9 nitrogen and oxygen atoms in total. The molecule has 2 aromatic heterocycles. The van der Waals surface area contributed by atoms with Crippen molar-refractivity contribution < 1.29 is 27.0 Å². The molecule has 33 heavy (non-hydrogen) atoms. The third-order valence-corrected chi connectivity index (χ3v) is 6.49. The highest BCUT2D eigenvalue weighted by atomic mass is 32.2. The maximum Gasteiger partial charge on any atom is 0.264 e. The van der Waals surface area contributed by atoms with Crippen molar-refractivity contribution >= 4 is 27.6 Å². The number of anilines is 1. The van der Waals surface area contributed by atoms with E-state index in [2.05, 4.69) is 14.7 Å². The Hall–Kier alpha value is -3.03. The Morgan fingerprint density at radius 3 is 2.70 bits per heavy atom. The summed E-state index contributed by atoms with van der Waals surface area (Å²) in [5.74, 6) is -2.21. The average Bonchev–Trinajstić information content (AvgIpc) is 2.76. The van der Waals surface area contributed by atoms with Crippen LogP contribution in [0, 0.1) is 11.6 Å². The fourth-order valence-corrected chi connectivity index (χ4v) is 4.42. The van der Waals surface area contributed by atoms with Gasteiger partial charge < -0.3 is 14.4 Å². The van der Waals surface area contributed by atoms with Gasteiger partial charge in [0.2, 0.25) is 11.4 Å². The number of nitrogens with one attached hydrogen (secondary N) is 1. The zero-order chi connectivity index (χ0) is 24.2. The summed E-state index contributed by atoms with van der Waals surface area (Å²) < 4.78 is 61.8. The molecule has 3 rings (SSSR count). The Kier molecular flexibility index (Phi) is 7.66. The van der Waals surface area contributed by atoms with Crippen molar-refractivity contribution in [3.05, 3.63) is 70.1 Å². The molecule has 0 bridgehead atoms. The number of sulfonamides is 1. The molecule has 13 heteroatoms. The van der Waals surface area contributed by atoms with Crippen LogP contribution < -0.4 is 15.0 Å². The zero-order valence-electron chi connectivity index (χ0n) is 17.5. The highest BCUT2D eigenvalue weighted by Crippen LogP contribution is 2.27. The number of nitrogens with zero attached hydrogens (tertiary/aromatic N) is 3. The summed E-state index contributed by atoms with van der Waals surface area (Å²) in [6, 6.07) is 7.25. The van der Waals surface area contributed by atoms with Crippen molar-refractivity contribution in [1.29, 1.82) is 0 Å². The van der Waals surface area contributed by atoms with Gasteiger partial charge in [0.1, 0.15) is 16.8 Å². The second kappa shape index (κ2) is 10.3. The van der Waals surface area contributed by atoms with E-state index in [1.807, 2.05) is 0 Å². The van der Waals surface area contributed by atoms with Gasteiger partial charge in [0.05, 0.1) is 6.61 Å². The quantitative estimate of drug-likeness (QED) is 0.340. The summed E-state index contributed by atoms with van der Waals surface area (Å²) in [7, 11) is -2.71. The minimum Gasteiger partial charge on any atom is -0.472 e. The molecule has 2 N–H and O–H groups in total. The molecule has 0 aliphatic heterocycles. The molecule has 0 fully saturated rings. The van der Waals surface area contributed by atoms with Crippen molar-refractivity contribution in [2.45, 2.75) is 28.8 Å². The molecule has 0 radical (unpaired) electrons. The summed E-state index contributed by atoms with van der Waals surface area (Å²) in [5, 5.41) is 9.26. The topological polar surface area (TPSA) is 123 Å². The minimum absolute atomic E-state index is 0.0273. The highest BCUT2D eigenvalue weighted by molar-refractivity contribution is 7.98. The van der Waals surface area contributed by atoms with E-state index in [4.69, 9.17) is 4.74 Å². The van der Waals surface area contributed by atoms with E-state index in [0.717, 1.165) is 40.7 Å². The van der Waals surface area contributed by atoms with Crippen molar-refractivity contribution in [2.24, 2.45) is 7.05 Å². The van der Waals surface area contributed by atoms with Gasteiger partial charge >= 0.3 is 0 Å². The van der Waals surface area contributed by atoms with Crippen molar-refractivity contribution in [3.8, 4) is 5.88 Å². The molecule has 0 saturated heterocycles. The normalized spacial score (nSPS) is 12.4. The van der Waals surface area contributed by atoms with Crippen LogP contribution in [-0.4, -0.2) is 40.8 Å². The van der Waals surface area contributed by atoms with Gasteiger partial charge in [-0.15, -0.1) is 0 Å². The number of thioether (sulfide) groups is 1. The Balaban J connectivity index is 1.91. The molecular weight excluding hydrogens is 478 g/mol. The molecule has 0 saturated carbocycles. The second-order valence-corrected chi connectivity index (χ2v) is 9.53. The number of hydrogen-bond donors (Lipinski definition) is 2. The van der Waals surface area contributed by atoms with Crippen molar-refractivity contribution in [2.75, 3.05) is 11.3 Å². The van der Waals surface area contributed by atoms with Gasteiger partial charge in [-0.2, -0.15) is 4.98 Å². The molecule has 0 amide bonds. The predicted octanol–water partition coefficient (Wildman–Crippen LogP) is 2.31. The van der Waals surface area contributed by atoms with Gasteiger partial charge in [0.15, 0.2) is 16.8 Å². The van der Waals surface area contributed by atoms with Crippen LogP contribution in [0.15, 0.2) is 57.4 Å². The number of aliphatic hydroxyl groups is 1. The van der Waals surface area contributed by atoms with Gasteiger partial charge in [-0.1, -0.05) is 23.9 Å². The lowest BCUT2D eigenvalue weighted by atomic mass is 10.2. The molecule has 0 aliphatic carbocycles. The smallest absolute Gasteiger partial charge is 0.264 e. The Labute approximate surface area is 192 Å². The molecule has 1 atom stereocenters. The molecule has 0 aliphatic rings. The Morgan fingerprint density at radius 1 is 1.24 bits per heavy atom. The van der Waals surface area contributed by atoms with E-state index in [1.54, 1.807) is 6.92 Å². The molecule has 3 aromatic rings. The largest absolute Gasteiger partial charge is 0.472 e. The summed E-state index contributed by atoms with van der Waals surface area (Å²) in [6.07, 6.45) is 0.506. The van der Waals surface area contributed by atoms with E-state index in [0.29, 0.717) is 0 Å². The van der Waals surface area contributed by atoms with Crippen molar-refractivity contribution in [1.82, 2.24) is 14.5 Å². The van der Waals surface area contributed by atoms with E-state index >= 15 is 0 Å². The number of ether oxygens (including phenoxy) is 1. The lowest BCUT2D eigenvalue weighted by Gasteiger charge is -2.14. The fraction of sp³-hybridized carbons (Fsp3) is 0.250. The Morgan fingerprint density at radius 2 is 2.00 bits per heavy atom. The van der Waals surface area contributed by atoms with Crippen LogP contribution in [0.3, 0.4) is 0 Å². The van der Waals surface area contributed by atoms with Crippen LogP contribution in [0.5, 0.6) is 5.88 Å². The number of aromatic nitrogens is 3. The van der Waals surface area contributed by atoms with Gasteiger partial charge in [0.25, 0.3) is 10.0 Å². The summed E-state index contributed by atoms with van der Waals surface area (Å²) in [6.45, 7) is 1.26. The summed E-state index contributed by atoms with van der Waals surface area (Å²) in [5.41, 5.74) is -0.307. The van der Waals surface area contributed by atoms with Crippen LogP contribution in [0.1, 0.15) is 12.5 Å². The summed E-state index contributed by atoms with van der Waals surface area (Å²) in [4.78, 5) is 19.6. The number of benzene rings is 1. The maximum atomic E-state index is 14.0. The first kappa shape index (κ1) is 24.6. The van der Waals surface area contributed by atoms with Gasteiger partial charge in [0, 0.05) is 36.7 Å². The van der Waals surface area contributed by atoms with Crippen LogP contribution >= 0.6 is 11.8 Å². The van der Waals surface area contributed by atoms with E-state index in [1.165, 1.54) is 25.2 Å². The van der Waals surface area contributed by atoms with E-state index < -0.39 is 27.8 Å². The molecule has 0 spiro atoms. The zero-order valence-corrected chi connectivity index (χ0v) is 19.2. The monoisotopic (exact) mass is 498 g/mol. The number of rotatable bonds is 9. The number of pyridine rings is 1. The van der Waals surface area contributed by atoms with Crippen molar-refractivity contribution in [3.63, 3.8) is 0 Å². The number of aryl methyl sites for hydroxylation is 1. The number of halogens is 2.